The van der Waals surface area contributed by atoms with Gasteiger partial charge >= 0.3 is 6.92 Å². The van der Waals surface area contributed by atoms with Crippen molar-refractivity contribution in [2.45, 2.75) is 0 Å². The topological polar surface area (TPSA) is 23.4 Å². The van der Waals surface area contributed by atoms with Gasteiger partial charge in [-0.3, -0.25) is 0 Å². The minimum atomic E-state index is -2.74. The van der Waals surface area contributed by atoms with E-state index in [4.69, 9.17) is 9.39 Å². The number of para-hydroxylation sites is 3. The molecule has 304 valence electrons. The van der Waals surface area contributed by atoms with Crippen LogP contribution in [0.3, 0.4) is 0 Å². The number of nitrogens with zero attached hydrogens (tertiary/aromatic N) is 1. The van der Waals surface area contributed by atoms with Crippen molar-refractivity contribution >= 4 is 68.5 Å². The Morgan fingerprint density at radius 2 is 0.892 bits per heavy atom. The van der Waals surface area contributed by atoms with Crippen LogP contribution in [0.4, 0.5) is 0 Å². The summed E-state index contributed by atoms with van der Waals surface area (Å²) in [6, 6.07) is 88.5. The summed E-state index contributed by atoms with van der Waals surface area (Å²) < 4.78 is 16.2. The summed E-state index contributed by atoms with van der Waals surface area (Å²) in [6.07, 6.45) is 0. The van der Waals surface area contributed by atoms with E-state index >= 15 is 0 Å². The average Bonchev–Trinajstić information content (AvgIpc) is 3.72. The summed E-state index contributed by atoms with van der Waals surface area (Å²) >= 11 is 0. The molecule has 0 N–H and O–H groups in total. The zero-order chi connectivity index (χ0) is 42.9. The summed E-state index contributed by atoms with van der Waals surface area (Å²) in [4.78, 5) is 0. The first-order valence-electron chi connectivity index (χ1n) is 22.3. The van der Waals surface area contributed by atoms with Crippen LogP contribution in [0.25, 0.3) is 60.9 Å². The lowest BCUT2D eigenvalue weighted by molar-refractivity contribution is 0.479. The second-order valence-electron chi connectivity index (χ2n) is 17.1. The molecule has 2 aliphatic heterocycles. The van der Waals surface area contributed by atoms with Gasteiger partial charge in [0, 0.05) is 32.9 Å². The third-order valence-corrected chi connectivity index (χ3v) is 18.4. The summed E-state index contributed by atoms with van der Waals surface area (Å²) in [5.41, 5.74) is 12.3. The third-order valence-electron chi connectivity index (χ3n) is 13.6. The summed E-state index contributed by atoms with van der Waals surface area (Å²) in [6.45, 7) is -0.285. The number of hydrogen-bond acceptors (Lipinski definition) is 2. The molecule has 10 aromatic carbocycles. The monoisotopic (exact) mass is 845 g/mol. The second-order valence-corrected chi connectivity index (χ2v) is 20.9. The molecule has 3 nitrogen and oxygen atoms in total. The quantitative estimate of drug-likeness (QED) is 0.118. The van der Waals surface area contributed by atoms with Crippen molar-refractivity contribution in [2.24, 2.45) is 0 Å². The fraction of sp³-hybridized carbons (Fsp3) is 0. The Morgan fingerprint density at radius 1 is 0.354 bits per heavy atom. The molecule has 11 aromatic rings. The summed E-state index contributed by atoms with van der Waals surface area (Å²) in [5, 5.41) is 7.90. The molecule has 0 spiro atoms. The molecule has 0 aliphatic carbocycles. The fourth-order valence-corrected chi connectivity index (χ4v) is 15.5. The molecule has 0 bridgehead atoms. The van der Waals surface area contributed by atoms with E-state index in [1.807, 2.05) is 12.1 Å². The number of benzene rings is 10. The minimum Gasteiger partial charge on any atom is -0.551 e. The SMILES string of the molecule is c1ccc([Si](c2ccccc2)(c2ccccc2)c2cccc(-c3ccc4c(c3)-c3cc(-c5ccc(-n6c7ccccc7c7ccccc76)cc5)cc5c3B(O4)c3ccccc3O5)c2)cc1. The van der Waals surface area contributed by atoms with E-state index < -0.39 is 8.07 Å². The molecule has 13 rings (SSSR count). The maximum absolute atomic E-state index is 7.01. The van der Waals surface area contributed by atoms with Crippen LogP contribution >= 0.6 is 0 Å². The van der Waals surface area contributed by atoms with E-state index in [9.17, 15) is 0 Å². The molecule has 0 fully saturated rings. The summed E-state index contributed by atoms with van der Waals surface area (Å²) in [7, 11) is -2.74. The standard InChI is InChI=1S/C60H40BNO2Si/c1-4-18-46(19-5-1)65(47-20-6-2-7-21-47,48-22-8-3-9-23-48)49-24-16-17-42(37-49)43-33-36-57-52(38-43)53-39-44(40-59-60(53)61(64-57)54-27-12-15-30-58(54)63-59)41-31-34-45(35-32-41)62-55-28-13-10-25-50(55)51-26-11-14-29-56(51)62/h1-40H. The molecular formula is C60H40BNO2Si. The molecule has 0 amide bonds. The van der Waals surface area contributed by atoms with Crippen LogP contribution in [0, 0.1) is 0 Å². The second kappa shape index (κ2) is 15.0. The van der Waals surface area contributed by atoms with Crippen LogP contribution in [0.2, 0.25) is 0 Å². The Labute approximate surface area is 379 Å². The lowest BCUT2D eigenvalue weighted by atomic mass is 9.50. The highest BCUT2D eigenvalue weighted by molar-refractivity contribution is 7.19. The van der Waals surface area contributed by atoms with Gasteiger partial charge in [0.2, 0.25) is 0 Å². The fourth-order valence-electron chi connectivity index (χ4n) is 10.7. The van der Waals surface area contributed by atoms with Crippen molar-refractivity contribution < 1.29 is 9.39 Å². The van der Waals surface area contributed by atoms with Crippen molar-refractivity contribution in [2.75, 3.05) is 0 Å². The van der Waals surface area contributed by atoms with E-state index in [1.54, 1.807) is 0 Å². The van der Waals surface area contributed by atoms with E-state index in [0.29, 0.717) is 0 Å². The molecule has 0 radical (unpaired) electrons. The van der Waals surface area contributed by atoms with Gasteiger partial charge in [0.15, 0.2) is 8.07 Å². The van der Waals surface area contributed by atoms with Gasteiger partial charge in [-0.15, -0.1) is 0 Å². The van der Waals surface area contributed by atoms with Gasteiger partial charge in [0.25, 0.3) is 0 Å². The van der Waals surface area contributed by atoms with Crippen LogP contribution in [-0.2, 0) is 0 Å². The summed E-state index contributed by atoms with van der Waals surface area (Å²) in [5.74, 6) is 2.52. The first kappa shape index (κ1) is 37.4. The van der Waals surface area contributed by atoms with Crippen LogP contribution in [0.15, 0.2) is 243 Å². The number of ether oxygens (including phenoxy) is 1. The van der Waals surface area contributed by atoms with Gasteiger partial charge < -0.3 is 14.0 Å². The highest BCUT2D eigenvalue weighted by Gasteiger charge is 2.43. The Balaban J connectivity index is 0.957. The first-order valence-corrected chi connectivity index (χ1v) is 24.3. The number of rotatable bonds is 7. The lowest BCUT2D eigenvalue weighted by Crippen LogP contribution is -2.74. The predicted octanol–water partition coefficient (Wildman–Crippen LogP) is 10.8. The van der Waals surface area contributed by atoms with Gasteiger partial charge in [-0.1, -0.05) is 188 Å². The van der Waals surface area contributed by atoms with Crippen LogP contribution in [-0.4, -0.2) is 19.6 Å². The maximum Gasteiger partial charge on any atom is 0.434 e. The van der Waals surface area contributed by atoms with Crippen LogP contribution < -0.4 is 41.1 Å². The Hall–Kier alpha value is -8.12. The van der Waals surface area contributed by atoms with Crippen molar-refractivity contribution in [1.82, 2.24) is 4.57 Å². The minimum absolute atomic E-state index is 0.285. The smallest absolute Gasteiger partial charge is 0.434 e. The van der Waals surface area contributed by atoms with Gasteiger partial charge in [-0.2, -0.15) is 0 Å². The molecule has 65 heavy (non-hydrogen) atoms. The van der Waals surface area contributed by atoms with Gasteiger partial charge in [-0.25, -0.2) is 0 Å². The molecule has 1 aromatic heterocycles. The number of hydrogen-bond donors (Lipinski definition) is 0. The van der Waals surface area contributed by atoms with E-state index in [1.165, 1.54) is 48.1 Å². The Bertz CT molecular complexity index is 3460. The molecule has 0 atom stereocenters. The lowest BCUT2D eigenvalue weighted by Gasteiger charge is -2.35. The average molecular weight is 846 g/mol. The van der Waals surface area contributed by atoms with E-state index in [-0.39, 0.29) is 6.92 Å². The Morgan fingerprint density at radius 3 is 1.55 bits per heavy atom. The van der Waals surface area contributed by atoms with Crippen molar-refractivity contribution in [1.29, 1.82) is 0 Å². The number of fused-ring (bicyclic) bond motifs is 7. The van der Waals surface area contributed by atoms with Gasteiger partial charge in [-0.05, 0) is 103 Å². The Kier molecular flexibility index (Phi) is 8.65. The molecule has 0 saturated heterocycles. The maximum atomic E-state index is 7.01. The van der Waals surface area contributed by atoms with Crippen LogP contribution in [0.1, 0.15) is 0 Å². The normalized spacial score (nSPS) is 12.5. The van der Waals surface area contributed by atoms with Crippen molar-refractivity contribution in [3.05, 3.63) is 243 Å². The molecule has 0 saturated carbocycles. The third kappa shape index (κ3) is 5.90. The molecule has 3 heterocycles. The van der Waals surface area contributed by atoms with Crippen LogP contribution in [0.5, 0.6) is 17.2 Å². The number of aromatic nitrogens is 1. The van der Waals surface area contributed by atoms with E-state index in [2.05, 4.69) is 235 Å². The molecule has 0 unspecified atom stereocenters. The zero-order valence-corrected chi connectivity index (χ0v) is 36.4. The molecule has 5 heteroatoms. The largest absolute Gasteiger partial charge is 0.551 e. The zero-order valence-electron chi connectivity index (χ0n) is 35.4. The van der Waals surface area contributed by atoms with Gasteiger partial charge in [0.1, 0.15) is 17.2 Å². The molecule has 2 aliphatic rings. The van der Waals surface area contributed by atoms with E-state index in [0.717, 1.165) is 61.7 Å². The van der Waals surface area contributed by atoms with Crippen molar-refractivity contribution in [3.8, 4) is 56.3 Å². The predicted molar refractivity (Wildman–Crippen MR) is 273 cm³/mol. The molecular weight excluding hydrogens is 806 g/mol. The first-order chi connectivity index (χ1) is 32.2. The highest BCUT2D eigenvalue weighted by Crippen LogP contribution is 2.43. The van der Waals surface area contributed by atoms with Gasteiger partial charge in [0.05, 0.1) is 11.0 Å². The highest BCUT2D eigenvalue weighted by atomic mass is 28.3. The van der Waals surface area contributed by atoms with Crippen molar-refractivity contribution in [3.63, 3.8) is 0 Å².